The van der Waals surface area contributed by atoms with Crippen LogP contribution in [0.3, 0.4) is 0 Å². The van der Waals surface area contributed by atoms with E-state index in [4.69, 9.17) is 4.74 Å². The summed E-state index contributed by atoms with van der Waals surface area (Å²) in [6.07, 6.45) is 8.19. The fraction of sp³-hybridized carbons (Fsp3) is 0.467. The molecule has 92 valence electrons. The van der Waals surface area contributed by atoms with E-state index in [-0.39, 0.29) is 5.54 Å². The number of nitrogens with one attached hydrogen (secondary N) is 1. The number of ether oxygens (including phenoxy) is 1. The molecule has 0 aromatic heterocycles. The van der Waals surface area contributed by atoms with E-state index < -0.39 is 0 Å². The van der Waals surface area contributed by atoms with Crippen LogP contribution >= 0.6 is 0 Å². The third-order valence-electron chi connectivity index (χ3n) is 3.60. The predicted octanol–water partition coefficient (Wildman–Crippen LogP) is 4.00. The van der Waals surface area contributed by atoms with Gasteiger partial charge >= 0.3 is 0 Å². The number of hydrogen-bond donors (Lipinski definition) is 1. The van der Waals surface area contributed by atoms with Crippen LogP contribution in [-0.2, 0) is 0 Å². The quantitative estimate of drug-likeness (QED) is 0.773. The van der Waals surface area contributed by atoms with Crippen LogP contribution in [0.15, 0.2) is 36.9 Å². The maximum atomic E-state index is 5.17. The highest BCUT2D eigenvalue weighted by Gasteiger charge is 2.32. The molecule has 0 heterocycles. The summed E-state index contributed by atoms with van der Waals surface area (Å²) in [5, 5.41) is 3.68. The van der Waals surface area contributed by atoms with E-state index in [1.54, 1.807) is 7.11 Å². The van der Waals surface area contributed by atoms with Gasteiger partial charge < -0.3 is 10.1 Å². The Kier molecular flexibility index (Phi) is 3.72. The molecule has 0 amide bonds. The van der Waals surface area contributed by atoms with Crippen LogP contribution in [0.5, 0.6) is 5.75 Å². The lowest BCUT2D eigenvalue weighted by molar-refractivity contribution is 0.414. The molecule has 1 aliphatic carbocycles. The highest BCUT2D eigenvalue weighted by atomic mass is 16.5. The number of rotatable bonds is 5. The molecule has 0 spiro atoms. The lowest BCUT2D eigenvalue weighted by atomic mass is 9.93. The first-order chi connectivity index (χ1) is 8.28. The minimum atomic E-state index is 0.232. The predicted molar refractivity (Wildman–Crippen MR) is 72.6 cm³/mol. The number of methoxy groups -OCH3 is 1. The van der Waals surface area contributed by atoms with Gasteiger partial charge in [0.15, 0.2) is 0 Å². The van der Waals surface area contributed by atoms with Crippen molar-refractivity contribution in [2.75, 3.05) is 12.4 Å². The van der Waals surface area contributed by atoms with Crippen molar-refractivity contribution in [2.24, 2.45) is 0 Å². The Morgan fingerprint density at radius 2 is 1.94 bits per heavy atom. The Morgan fingerprint density at radius 3 is 2.47 bits per heavy atom. The van der Waals surface area contributed by atoms with Gasteiger partial charge in [0, 0.05) is 11.2 Å². The maximum Gasteiger partial charge on any atom is 0.119 e. The van der Waals surface area contributed by atoms with Crippen LogP contribution in [0, 0.1) is 0 Å². The van der Waals surface area contributed by atoms with Crippen molar-refractivity contribution in [1.29, 1.82) is 0 Å². The van der Waals surface area contributed by atoms with Crippen LogP contribution in [0.2, 0.25) is 0 Å². The summed E-state index contributed by atoms with van der Waals surface area (Å²) in [5.41, 5.74) is 1.41. The van der Waals surface area contributed by atoms with Gasteiger partial charge in [0.2, 0.25) is 0 Å². The summed E-state index contributed by atoms with van der Waals surface area (Å²) in [4.78, 5) is 0. The molecule has 17 heavy (non-hydrogen) atoms. The first kappa shape index (κ1) is 12.0. The molecule has 0 bridgehead atoms. The largest absolute Gasteiger partial charge is 0.497 e. The molecule has 0 radical (unpaired) electrons. The molecule has 1 N–H and O–H groups in total. The summed E-state index contributed by atoms with van der Waals surface area (Å²) < 4.78 is 5.17. The van der Waals surface area contributed by atoms with Gasteiger partial charge in [-0.1, -0.05) is 18.9 Å². The lowest BCUT2D eigenvalue weighted by Gasteiger charge is -2.30. The van der Waals surface area contributed by atoms with Crippen LogP contribution in [-0.4, -0.2) is 12.6 Å². The van der Waals surface area contributed by atoms with Crippen molar-refractivity contribution in [3.05, 3.63) is 36.9 Å². The molecular weight excluding hydrogens is 210 g/mol. The molecule has 0 aliphatic heterocycles. The van der Waals surface area contributed by atoms with Crippen molar-refractivity contribution in [3.63, 3.8) is 0 Å². The third-order valence-corrected chi connectivity index (χ3v) is 3.60. The summed E-state index contributed by atoms with van der Waals surface area (Å²) in [6, 6.07) is 8.17. The van der Waals surface area contributed by atoms with Crippen LogP contribution in [0.4, 0.5) is 5.69 Å². The normalized spacial score (nSPS) is 17.7. The first-order valence-corrected chi connectivity index (χ1v) is 6.31. The van der Waals surface area contributed by atoms with Crippen molar-refractivity contribution in [1.82, 2.24) is 0 Å². The van der Waals surface area contributed by atoms with Crippen molar-refractivity contribution >= 4 is 5.69 Å². The average molecular weight is 231 g/mol. The van der Waals surface area contributed by atoms with Crippen molar-refractivity contribution in [3.8, 4) is 5.75 Å². The van der Waals surface area contributed by atoms with Gasteiger partial charge in [0.25, 0.3) is 0 Å². The first-order valence-electron chi connectivity index (χ1n) is 6.31. The molecule has 1 aliphatic rings. The van der Waals surface area contributed by atoms with E-state index in [1.165, 1.54) is 31.4 Å². The summed E-state index contributed by atoms with van der Waals surface area (Å²) in [5.74, 6) is 0.903. The number of benzene rings is 1. The fourth-order valence-electron chi connectivity index (χ4n) is 2.69. The Hall–Kier alpha value is -1.44. The Bertz CT molecular complexity index is 363. The van der Waals surface area contributed by atoms with E-state index in [9.17, 15) is 0 Å². The van der Waals surface area contributed by atoms with Gasteiger partial charge in [-0.2, -0.15) is 0 Å². The standard InChI is InChI=1S/C15H21NO/c1-3-10-15(11-4-5-12-15)16-13-6-8-14(17-2)9-7-13/h3,6-9,16H,1,4-5,10-12H2,2H3. The third kappa shape index (κ3) is 2.82. The molecule has 0 saturated heterocycles. The van der Waals surface area contributed by atoms with Gasteiger partial charge in [-0.15, -0.1) is 6.58 Å². The highest BCUT2D eigenvalue weighted by molar-refractivity contribution is 5.48. The van der Waals surface area contributed by atoms with Crippen LogP contribution in [0.1, 0.15) is 32.1 Å². The van der Waals surface area contributed by atoms with Gasteiger partial charge in [-0.05, 0) is 43.5 Å². The number of anilines is 1. The van der Waals surface area contributed by atoms with Crippen LogP contribution < -0.4 is 10.1 Å². The monoisotopic (exact) mass is 231 g/mol. The molecule has 1 aromatic rings. The highest BCUT2D eigenvalue weighted by Crippen LogP contribution is 2.36. The topological polar surface area (TPSA) is 21.3 Å². The van der Waals surface area contributed by atoms with Gasteiger partial charge in [0.1, 0.15) is 5.75 Å². The molecule has 2 heteroatoms. The zero-order valence-corrected chi connectivity index (χ0v) is 10.5. The zero-order chi connectivity index (χ0) is 12.1. The van der Waals surface area contributed by atoms with E-state index >= 15 is 0 Å². The number of hydrogen-bond acceptors (Lipinski definition) is 2. The summed E-state index contributed by atoms with van der Waals surface area (Å²) in [7, 11) is 1.69. The van der Waals surface area contributed by atoms with Gasteiger partial charge in [-0.3, -0.25) is 0 Å². The Labute approximate surface area is 104 Å². The van der Waals surface area contributed by atoms with Gasteiger partial charge in [-0.25, -0.2) is 0 Å². The smallest absolute Gasteiger partial charge is 0.119 e. The van der Waals surface area contributed by atoms with Crippen molar-refractivity contribution in [2.45, 2.75) is 37.6 Å². The second-order valence-electron chi connectivity index (χ2n) is 4.83. The Morgan fingerprint density at radius 1 is 1.29 bits per heavy atom. The van der Waals surface area contributed by atoms with E-state index in [0.29, 0.717) is 0 Å². The van der Waals surface area contributed by atoms with E-state index in [2.05, 4.69) is 24.0 Å². The van der Waals surface area contributed by atoms with E-state index in [1.807, 2.05) is 18.2 Å². The van der Waals surface area contributed by atoms with E-state index in [0.717, 1.165) is 12.2 Å². The fourth-order valence-corrected chi connectivity index (χ4v) is 2.69. The average Bonchev–Trinajstić information content (AvgIpc) is 2.79. The summed E-state index contributed by atoms with van der Waals surface area (Å²) in [6.45, 7) is 3.88. The SMILES string of the molecule is C=CCC1(Nc2ccc(OC)cc2)CCCC1. The summed E-state index contributed by atoms with van der Waals surface area (Å²) >= 11 is 0. The Balaban J connectivity index is 2.08. The van der Waals surface area contributed by atoms with Crippen LogP contribution in [0.25, 0.3) is 0 Å². The van der Waals surface area contributed by atoms with Crippen molar-refractivity contribution < 1.29 is 4.74 Å². The molecule has 1 aromatic carbocycles. The van der Waals surface area contributed by atoms with Gasteiger partial charge in [0.05, 0.1) is 7.11 Å². The maximum absolute atomic E-state index is 5.17. The zero-order valence-electron chi connectivity index (χ0n) is 10.5. The molecule has 2 nitrogen and oxygen atoms in total. The minimum Gasteiger partial charge on any atom is -0.497 e. The molecular formula is C15H21NO. The second-order valence-corrected chi connectivity index (χ2v) is 4.83. The molecule has 2 rings (SSSR count). The second kappa shape index (κ2) is 5.26. The lowest BCUT2D eigenvalue weighted by Crippen LogP contribution is -2.34. The molecule has 0 unspecified atom stereocenters. The minimum absolute atomic E-state index is 0.232. The molecule has 1 saturated carbocycles. The molecule has 1 fully saturated rings. The molecule has 0 atom stereocenters.